The van der Waals surface area contributed by atoms with Gasteiger partial charge < -0.3 is 10.1 Å². The van der Waals surface area contributed by atoms with Crippen LogP contribution in [0.25, 0.3) is 0 Å². The van der Waals surface area contributed by atoms with Gasteiger partial charge in [-0.1, -0.05) is 0 Å². The molecule has 2 rings (SSSR count). The van der Waals surface area contributed by atoms with E-state index in [1.807, 2.05) is 18.4 Å². The van der Waals surface area contributed by atoms with Crippen LogP contribution in [0.4, 0.5) is 0 Å². The topological polar surface area (TPSA) is 72.5 Å². The second-order valence-electron chi connectivity index (χ2n) is 4.63. The van der Waals surface area contributed by atoms with Crippen LogP contribution in [0.5, 0.6) is 5.75 Å². The molecule has 110 valence electrons. The van der Waals surface area contributed by atoms with E-state index in [-0.39, 0.29) is 30.1 Å². The number of amides is 1. The van der Waals surface area contributed by atoms with Crippen molar-refractivity contribution in [3.63, 3.8) is 0 Å². The number of sulfone groups is 1. The van der Waals surface area contributed by atoms with Gasteiger partial charge in [0.25, 0.3) is 5.91 Å². The molecule has 1 fully saturated rings. The zero-order chi connectivity index (χ0) is 14.6. The first-order valence-corrected chi connectivity index (χ1v) is 9.30. The molecule has 0 radical (unpaired) electrons. The number of carbonyl (C=O) groups is 1. The highest BCUT2D eigenvalue weighted by atomic mass is 32.2. The highest BCUT2D eigenvalue weighted by Gasteiger charge is 2.28. The molecule has 1 saturated heterocycles. The Balaban J connectivity index is 1.77. The lowest BCUT2D eigenvalue weighted by molar-refractivity contribution is -0.123. The van der Waals surface area contributed by atoms with Crippen molar-refractivity contribution in [3.8, 4) is 5.75 Å². The summed E-state index contributed by atoms with van der Waals surface area (Å²) >= 11 is 1.63. The van der Waals surface area contributed by atoms with Gasteiger partial charge in [-0.15, -0.1) is 11.8 Å². The highest BCUT2D eigenvalue weighted by Crippen LogP contribution is 2.18. The summed E-state index contributed by atoms with van der Waals surface area (Å²) in [6, 6.07) is 7.16. The fraction of sp³-hybridized carbons (Fsp3) is 0.462. The van der Waals surface area contributed by atoms with Crippen LogP contribution in [0.2, 0.25) is 0 Å². The fourth-order valence-corrected chi connectivity index (χ4v) is 4.08. The van der Waals surface area contributed by atoms with Crippen LogP contribution in [0.3, 0.4) is 0 Å². The molecular formula is C13H17NO4S2. The maximum atomic E-state index is 11.7. The van der Waals surface area contributed by atoms with Crippen molar-refractivity contribution in [1.29, 1.82) is 0 Å². The van der Waals surface area contributed by atoms with Gasteiger partial charge in [0.1, 0.15) is 5.75 Å². The number of benzene rings is 1. The lowest BCUT2D eigenvalue weighted by atomic mass is 10.2. The fourth-order valence-electron chi connectivity index (χ4n) is 2.00. The van der Waals surface area contributed by atoms with Crippen molar-refractivity contribution in [2.24, 2.45) is 0 Å². The molecule has 1 heterocycles. The number of nitrogens with one attached hydrogen (secondary N) is 1. The molecular weight excluding hydrogens is 298 g/mol. The van der Waals surface area contributed by atoms with Crippen molar-refractivity contribution in [2.45, 2.75) is 17.4 Å². The predicted molar refractivity (Wildman–Crippen MR) is 78.9 cm³/mol. The highest BCUT2D eigenvalue weighted by molar-refractivity contribution is 7.98. The van der Waals surface area contributed by atoms with Gasteiger partial charge in [0, 0.05) is 10.9 Å². The number of thioether (sulfide) groups is 1. The predicted octanol–water partition coefficient (Wildman–Crippen LogP) is 1.09. The van der Waals surface area contributed by atoms with Gasteiger partial charge in [0.05, 0.1) is 11.5 Å². The van der Waals surface area contributed by atoms with E-state index >= 15 is 0 Å². The lowest BCUT2D eigenvalue weighted by Crippen LogP contribution is -2.38. The monoisotopic (exact) mass is 315 g/mol. The van der Waals surface area contributed by atoms with Gasteiger partial charge in [-0.25, -0.2) is 8.42 Å². The Morgan fingerprint density at radius 3 is 2.65 bits per heavy atom. The van der Waals surface area contributed by atoms with Crippen LogP contribution in [0.1, 0.15) is 6.42 Å². The Labute approximate surface area is 123 Å². The van der Waals surface area contributed by atoms with Gasteiger partial charge in [0.2, 0.25) is 0 Å². The van der Waals surface area contributed by atoms with Gasteiger partial charge in [-0.05, 0) is 36.9 Å². The first-order valence-electron chi connectivity index (χ1n) is 6.25. The van der Waals surface area contributed by atoms with Gasteiger partial charge in [-0.2, -0.15) is 0 Å². The standard InChI is InChI=1S/C13H17NO4S2/c1-19-12-4-2-11(3-5-12)18-8-13(15)14-10-6-7-20(16,17)9-10/h2-5,10H,6-9H2,1H3,(H,14,15)/t10-/m1/s1. The summed E-state index contributed by atoms with van der Waals surface area (Å²) in [6.45, 7) is -0.102. The summed E-state index contributed by atoms with van der Waals surface area (Å²) in [7, 11) is -2.97. The molecule has 1 N–H and O–H groups in total. The Bertz CT molecular complexity index is 569. The molecule has 5 nitrogen and oxygen atoms in total. The molecule has 1 aromatic carbocycles. The van der Waals surface area contributed by atoms with Crippen LogP contribution in [-0.4, -0.2) is 44.7 Å². The third-order valence-electron chi connectivity index (χ3n) is 3.03. The summed E-state index contributed by atoms with van der Waals surface area (Å²) < 4.78 is 27.9. The molecule has 20 heavy (non-hydrogen) atoms. The van der Waals surface area contributed by atoms with Gasteiger partial charge >= 0.3 is 0 Å². The van der Waals surface area contributed by atoms with E-state index in [0.717, 1.165) is 4.90 Å². The molecule has 0 aromatic heterocycles. The van der Waals surface area contributed by atoms with E-state index in [1.54, 1.807) is 23.9 Å². The number of carbonyl (C=O) groups excluding carboxylic acids is 1. The smallest absolute Gasteiger partial charge is 0.258 e. The molecule has 0 spiro atoms. The molecule has 1 amide bonds. The summed E-state index contributed by atoms with van der Waals surface area (Å²) in [6.07, 6.45) is 2.47. The van der Waals surface area contributed by atoms with Crippen LogP contribution < -0.4 is 10.1 Å². The normalized spacial score (nSPS) is 20.6. The minimum atomic E-state index is -2.97. The Morgan fingerprint density at radius 1 is 1.40 bits per heavy atom. The SMILES string of the molecule is CSc1ccc(OCC(=O)N[C@@H]2CCS(=O)(=O)C2)cc1. The second kappa shape index (κ2) is 6.49. The van der Waals surface area contributed by atoms with Crippen molar-refractivity contribution in [3.05, 3.63) is 24.3 Å². The number of rotatable bonds is 5. The zero-order valence-electron chi connectivity index (χ0n) is 11.2. The van der Waals surface area contributed by atoms with Crippen molar-refractivity contribution in [1.82, 2.24) is 5.32 Å². The van der Waals surface area contributed by atoms with E-state index in [2.05, 4.69) is 5.32 Å². The summed E-state index contributed by atoms with van der Waals surface area (Å²) in [4.78, 5) is 12.8. The van der Waals surface area contributed by atoms with E-state index in [0.29, 0.717) is 12.2 Å². The number of hydrogen-bond donors (Lipinski definition) is 1. The maximum Gasteiger partial charge on any atom is 0.258 e. The first kappa shape index (κ1) is 15.2. The molecule has 0 saturated carbocycles. The van der Waals surface area contributed by atoms with Crippen molar-refractivity contribution >= 4 is 27.5 Å². The lowest BCUT2D eigenvalue weighted by Gasteiger charge is -2.11. The van der Waals surface area contributed by atoms with E-state index in [9.17, 15) is 13.2 Å². The maximum absolute atomic E-state index is 11.7. The Kier molecular flexibility index (Phi) is 4.93. The molecule has 1 aliphatic heterocycles. The van der Waals surface area contributed by atoms with Crippen LogP contribution in [-0.2, 0) is 14.6 Å². The first-order chi connectivity index (χ1) is 9.48. The van der Waals surface area contributed by atoms with E-state index in [1.165, 1.54) is 0 Å². The third-order valence-corrected chi connectivity index (χ3v) is 5.54. The molecule has 1 aliphatic rings. The van der Waals surface area contributed by atoms with Crippen LogP contribution in [0.15, 0.2) is 29.2 Å². The number of ether oxygens (including phenoxy) is 1. The number of hydrogen-bond acceptors (Lipinski definition) is 5. The molecule has 1 atom stereocenters. The zero-order valence-corrected chi connectivity index (χ0v) is 12.8. The molecule has 0 bridgehead atoms. The average Bonchev–Trinajstić information content (AvgIpc) is 2.76. The third kappa shape index (κ3) is 4.42. The average molecular weight is 315 g/mol. The molecule has 0 aliphatic carbocycles. The van der Waals surface area contributed by atoms with Crippen LogP contribution >= 0.6 is 11.8 Å². The molecule has 7 heteroatoms. The minimum absolute atomic E-state index is 0.0289. The van der Waals surface area contributed by atoms with E-state index in [4.69, 9.17) is 4.74 Å². The van der Waals surface area contributed by atoms with E-state index < -0.39 is 9.84 Å². The summed E-state index contributed by atoms with van der Waals surface area (Å²) in [5, 5.41) is 2.68. The van der Waals surface area contributed by atoms with Crippen molar-refractivity contribution in [2.75, 3.05) is 24.4 Å². The largest absolute Gasteiger partial charge is 0.484 e. The Hall–Kier alpha value is -1.21. The quantitative estimate of drug-likeness (QED) is 0.824. The Morgan fingerprint density at radius 2 is 2.10 bits per heavy atom. The molecule has 1 aromatic rings. The summed E-state index contributed by atoms with van der Waals surface area (Å²) in [5.41, 5.74) is 0. The van der Waals surface area contributed by atoms with Crippen molar-refractivity contribution < 1.29 is 17.9 Å². The summed E-state index contributed by atoms with van der Waals surface area (Å²) in [5.74, 6) is 0.508. The van der Waals surface area contributed by atoms with Crippen LogP contribution in [0, 0.1) is 0 Å². The minimum Gasteiger partial charge on any atom is -0.484 e. The molecule has 0 unspecified atom stereocenters. The second-order valence-corrected chi connectivity index (χ2v) is 7.74. The van der Waals surface area contributed by atoms with Gasteiger partial charge in [-0.3, -0.25) is 4.79 Å². The van der Waals surface area contributed by atoms with Gasteiger partial charge in [0.15, 0.2) is 16.4 Å².